The van der Waals surface area contributed by atoms with Gasteiger partial charge in [0.25, 0.3) is 0 Å². The molecule has 1 aliphatic heterocycles. The summed E-state index contributed by atoms with van der Waals surface area (Å²) in [5, 5.41) is 6.71. The van der Waals surface area contributed by atoms with Crippen LogP contribution in [0.3, 0.4) is 0 Å². The predicted octanol–water partition coefficient (Wildman–Crippen LogP) is 3.37. The first kappa shape index (κ1) is 18.5. The minimum absolute atomic E-state index is 0.0633. The van der Waals surface area contributed by atoms with Gasteiger partial charge in [-0.1, -0.05) is 13.8 Å². The van der Waals surface area contributed by atoms with Gasteiger partial charge in [-0.3, -0.25) is 0 Å². The van der Waals surface area contributed by atoms with Crippen molar-refractivity contribution in [3.05, 3.63) is 0 Å². The van der Waals surface area contributed by atoms with Crippen LogP contribution in [0.25, 0.3) is 0 Å². The van der Waals surface area contributed by atoms with E-state index < -0.39 is 5.60 Å². The highest BCUT2D eigenvalue weighted by Crippen LogP contribution is 2.32. The third kappa shape index (κ3) is 5.35. The van der Waals surface area contributed by atoms with Crippen molar-refractivity contribution in [1.82, 2.24) is 10.6 Å². The predicted molar refractivity (Wildman–Crippen MR) is 91.6 cm³/mol. The molecule has 134 valence electrons. The molecule has 0 aromatic carbocycles. The second kappa shape index (κ2) is 7.39. The van der Waals surface area contributed by atoms with Crippen LogP contribution >= 0.6 is 0 Å². The molecule has 1 unspecified atom stereocenters. The number of carbonyl (C=O) groups is 1. The first-order valence-electron chi connectivity index (χ1n) is 9.15. The van der Waals surface area contributed by atoms with E-state index in [0.29, 0.717) is 12.1 Å². The van der Waals surface area contributed by atoms with Crippen LogP contribution in [0.15, 0.2) is 0 Å². The summed E-state index contributed by atoms with van der Waals surface area (Å²) in [5.74, 6) is 0. The Labute approximate surface area is 140 Å². The van der Waals surface area contributed by atoms with Gasteiger partial charge >= 0.3 is 6.09 Å². The highest BCUT2D eigenvalue weighted by molar-refractivity contribution is 5.68. The zero-order valence-corrected chi connectivity index (χ0v) is 15.4. The van der Waals surface area contributed by atoms with Crippen molar-refractivity contribution >= 4 is 6.09 Å². The Hall–Kier alpha value is -0.810. The molecule has 1 aliphatic carbocycles. The molecule has 2 aliphatic rings. The van der Waals surface area contributed by atoms with Crippen molar-refractivity contribution in [3.8, 4) is 0 Å². The van der Waals surface area contributed by atoms with E-state index in [-0.39, 0.29) is 17.7 Å². The summed E-state index contributed by atoms with van der Waals surface area (Å²) in [7, 11) is 0. The average molecular weight is 326 g/mol. The number of ether oxygens (including phenoxy) is 2. The molecule has 0 aromatic rings. The fraction of sp³-hybridized carbons (Fsp3) is 0.944. The monoisotopic (exact) mass is 326 g/mol. The van der Waals surface area contributed by atoms with Crippen molar-refractivity contribution in [2.75, 3.05) is 6.61 Å². The van der Waals surface area contributed by atoms with Crippen LogP contribution in [0.2, 0.25) is 0 Å². The maximum absolute atomic E-state index is 11.8. The van der Waals surface area contributed by atoms with Crippen LogP contribution in [0.1, 0.15) is 73.1 Å². The molecule has 1 saturated carbocycles. The molecule has 1 saturated heterocycles. The van der Waals surface area contributed by atoms with Crippen LogP contribution in [0, 0.1) is 0 Å². The minimum Gasteiger partial charge on any atom is -0.444 e. The van der Waals surface area contributed by atoms with E-state index in [1.165, 1.54) is 0 Å². The van der Waals surface area contributed by atoms with Gasteiger partial charge in [0.05, 0.1) is 5.60 Å². The number of carbonyl (C=O) groups excluding carboxylic acids is 1. The number of hydrogen-bond donors (Lipinski definition) is 2. The molecule has 2 N–H and O–H groups in total. The lowest BCUT2D eigenvalue weighted by Crippen LogP contribution is -2.57. The summed E-state index contributed by atoms with van der Waals surface area (Å²) in [6, 6.07) is 1.28. The summed E-state index contributed by atoms with van der Waals surface area (Å²) < 4.78 is 11.3. The van der Waals surface area contributed by atoms with Gasteiger partial charge in [0.1, 0.15) is 5.60 Å². The normalized spacial score (nSPS) is 30.4. The average Bonchev–Trinajstić information content (AvgIpc) is 2.43. The molecular weight excluding hydrogens is 292 g/mol. The van der Waals surface area contributed by atoms with Gasteiger partial charge in [-0.2, -0.15) is 0 Å². The van der Waals surface area contributed by atoms with E-state index in [9.17, 15) is 4.79 Å². The molecule has 2 rings (SSSR count). The summed E-state index contributed by atoms with van der Waals surface area (Å²) in [6.45, 7) is 10.9. The lowest BCUT2D eigenvalue weighted by atomic mass is 9.82. The molecular formula is C18H34N2O3. The van der Waals surface area contributed by atoms with Crippen molar-refractivity contribution in [1.29, 1.82) is 0 Å². The van der Waals surface area contributed by atoms with Gasteiger partial charge in [-0.15, -0.1) is 0 Å². The fourth-order valence-electron chi connectivity index (χ4n) is 3.59. The highest BCUT2D eigenvalue weighted by Gasteiger charge is 2.38. The number of alkyl carbamates (subject to hydrolysis) is 1. The first-order valence-corrected chi connectivity index (χ1v) is 9.15. The number of nitrogens with one attached hydrogen (secondary N) is 2. The van der Waals surface area contributed by atoms with Gasteiger partial charge in [0, 0.05) is 24.7 Å². The Morgan fingerprint density at radius 3 is 2.39 bits per heavy atom. The van der Waals surface area contributed by atoms with E-state index in [1.54, 1.807) is 0 Å². The molecule has 0 bridgehead atoms. The molecule has 1 atom stereocenters. The number of hydrogen-bond acceptors (Lipinski definition) is 4. The topological polar surface area (TPSA) is 59.6 Å². The Morgan fingerprint density at radius 2 is 1.83 bits per heavy atom. The first-order chi connectivity index (χ1) is 10.8. The van der Waals surface area contributed by atoms with Gasteiger partial charge in [-0.25, -0.2) is 4.79 Å². The Bertz CT molecular complexity index is 396. The highest BCUT2D eigenvalue weighted by atomic mass is 16.6. The summed E-state index contributed by atoms with van der Waals surface area (Å²) in [4.78, 5) is 11.8. The van der Waals surface area contributed by atoms with Gasteiger partial charge in [0.15, 0.2) is 0 Å². The Morgan fingerprint density at radius 1 is 1.17 bits per heavy atom. The number of rotatable bonds is 5. The quantitative estimate of drug-likeness (QED) is 0.813. The van der Waals surface area contributed by atoms with E-state index >= 15 is 0 Å². The fourth-order valence-corrected chi connectivity index (χ4v) is 3.59. The molecule has 1 amide bonds. The molecule has 5 heteroatoms. The van der Waals surface area contributed by atoms with E-state index in [1.807, 2.05) is 20.8 Å². The largest absolute Gasteiger partial charge is 0.444 e. The van der Waals surface area contributed by atoms with Crippen LogP contribution in [-0.4, -0.2) is 42.0 Å². The van der Waals surface area contributed by atoms with Crippen LogP contribution in [0.5, 0.6) is 0 Å². The molecule has 0 spiro atoms. The van der Waals surface area contributed by atoms with Crippen molar-refractivity contribution in [2.24, 2.45) is 0 Å². The molecule has 1 heterocycles. The molecule has 0 aromatic heterocycles. The standard InChI is InChI=1S/C18H34N2O3/c1-6-18(7-2)12-13(8-9-22-18)19-14-10-15(11-14)20-16(21)23-17(3,4)5/h13-15,19H,6-12H2,1-5H3,(H,20,21). The van der Waals surface area contributed by atoms with Gasteiger partial charge < -0.3 is 20.1 Å². The van der Waals surface area contributed by atoms with E-state index in [4.69, 9.17) is 9.47 Å². The van der Waals surface area contributed by atoms with Gasteiger partial charge in [0.2, 0.25) is 0 Å². The second-order valence-electron chi connectivity index (χ2n) is 8.11. The third-order valence-corrected chi connectivity index (χ3v) is 5.11. The lowest BCUT2D eigenvalue weighted by Gasteiger charge is -2.44. The zero-order chi connectivity index (χ0) is 17.1. The van der Waals surface area contributed by atoms with Crippen LogP contribution in [0.4, 0.5) is 4.79 Å². The number of amides is 1. The Balaban J connectivity index is 1.69. The van der Waals surface area contributed by atoms with Crippen molar-refractivity contribution in [3.63, 3.8) is 0 Å². The molecule has 0 radical (unpaired) electrons. The second-order valence-corrected chi connectivity index (χ2v) is 8.11. The van der Waals surface area contributed by atoms with Crippen molar-refractivity contribution in [2.45, 2.75) is 102 Å². The maximum Gasteiger partial charge on any atom is 0.407 e. The summed E-state index contributed by atoms with van der Waals surface area (Å²) in [5.41, 5.74) is -0.370. The minimum atomic E-state index is -0.433. The maximum atomic E-state index is 11.8. The molecule has 2 fully saturated rings. The SMILES string of the molecule is CCC1(CC)CC(NC2CC(NC(=O)OC(C)(C)C)C2)CCO1. The summed E-state index contributed by atoms with van der Waals surface area (Å²) >= 11 is 0. The van der Waals surface area contributed by atoms with Crippen molar-refractivity contribution < 1.29 is 14.3 Å². The third-order valence-electron chi connectivity index (χ3n) is 5.11. The van der Waals surface area contributed by atoms with E-state index in [2.05, 4.69) is 24.5 Å². The summed E-state index contributed by atoms with van der Waals surface area (Å²) in [6.07, 6.45) is 6.01. The zero-order valence-electron chi connectivity index (χ0n) is 15.4. The van der Waals surface area contributed by atoms with Crippen LogP contribution < -0.4 is 10.6 Å². The molecule has 23 heavy (non-hydrogen) atoms. The Kier molecular flexibility index (Phi) is 5.95. The molecule has 5 nitrogen and oxygen atoms in total. The smallest absolute Gasteiger partial charge is 0.407 e. The van der Waals surface area contributed by atoms with Gasteiger partial charge in [-0.05, 0) is 59.3 Å². The lowest BCUT2D eigenvalue weighted by molar-refractivity contribution is -0.0952. The van der Waals surface area contributed by atoms with E-state index in [0.717, 1.165) is 45.1 Å². The van der Waals surface area contributed by atoms with Crippen LogP contribution in [-0.2, 0) is 9.47 Å².